The monoisotopic (exact) mass is 333 g/mol. The van der Waals surface area contributed by atoms with Gasteiger partial charge in [-0.1, -0.05) is 30.3 Å². The Hall–Kier alpha value is -2.08. The highest BCUT2D eigenvalue weighted by Crippen LogP contribution is 2.18. The highest BCUT2D eigenvalue weighted by Gasteiger charge is 2.31. The summed E-state index contributed by atoms with van der Waals surface area (Å²) in [7, 11) is 0. The van der Waals surface area contributed by atoms with Crippen LogP contribution >= 0.6 is 0 Å². The Morgan fingerprint density at radius 2 is 2.08 bits per heavy atom. The third-order valence-corrected chi connectivity index (χ3v) is 4.32. The van der Waals surface area contributed by atoms with Crippen molar-refractivity contribution in [1.82, 2.24) is 9.80 Å². The first-order valence-corrected chi connectivity index (χ1v) is 8.54. The van der Waals surface area contributed by atoms with Crippen LogP contribution < -0.4 is 5.73 Å². The molecule has 1 fully saturated rings. The molecule has 2 atom stereocenters. The second kappa shape index (κ2) is 8.68. The number of nitrogens with zero attached hydrogens (tertiary/aromatic N) is 2. The van der Waals surface area contributed by atoms with E-state index in [1.54, 1.807) is 16.7 Å². The number of carbonyl (C=O) groups excluding carboxylic acids is 2. The van der Waals surface area contributed by atoms with Crippen LogP contribution in [-0.4, -0.2) is 53.5 Å². The van der Waals surface area contributed by atoms with Gasteiger partial charge in [0.2, 0.25) is 5.91 Å². The van der Waals surface area contributed by atoms with E-state index >= 15 is 0 Å². The van der Waals surface area contributed by atoms with Gasteiger partial charge in [-0.15, -0.1) is 0 Å². The van der Waals surface area contributed by atoms with Gasteiger partial charge in [-0.2, -0.15) is 0 Å². The molecule has 0 unspecified atom stereocenters. The zero-order valence-corrected chi connectivity index (χ0v) is 14.5. The summed E-state index contributed by atoms with van der Waals surface area (Å²) in [4.78, 5) is 28.0. The second-order valence-corrected chi connectivity index (χ2v) is 6.20. The third kappa shape index (κ3) is 4.71. The predicted molar refractivity (Wildman–Crippen MR) is 92.3 cm³/mol. The Labute approximate surface area is 143 Å². The molecule has 1 aromatic rings. The summed E-state index contributed by atoms with van der Waals surface area (Å²) in [6, 6.07) is 9.08. The average Bonchev–Trinajstić information content (AvgIpc) is 2.61. The molecule has 6 heteroatoms. The lowest BCUT2D eigenvalue weighted by molar-refractivity contribution is -0.134. The lowest BCUT2D eigenvalue weighted by atomic mass is 10.0. The van der Waals surface area contributed by atoms with Crippen molar-refractivity contribution >= 4 is 12.0 Å². The first kappa shape index (κ1) is 18.3. The van der Waals surface area contributed by atoms with E-state index in [1.165, 1.54) is 0 Å². The molecule has 0 spiro atoms. The van der Waals surface area contributed by atoms with Crippen LogP contribution in [0.25, 0.3) is 0 Å². The van der Waals surface area contributed by atoms with Gasteiger partial charge < -0.3 is 20.3 Å². The maximum absolute atomic E-state index is 12.4. The normalized spacial score (nSPS) is 18.8. The number of hydrogen-bond donors (Lipinski definition) is 1. The molecule has 0 bridgehead atoms. The summed E-state index contributed by atoms with van der Waals surface area (Å²) in [5, 5.41) is 0. The Morgan fingerprint density at radius 1 is 1.38 bits per heavy atom. The fraction of sp³-hybridized carbons (Fsp3) is 0.556. The van der Waals surface area contributed by atoms with Crippen molar-refractivity contribution in [3.05, 3.63) is 35.9 Å². The Balaban J connectivity index is 1.94. The predicted octanol–water partition coefficient (Wildman–Crippen LogP) is 1.98. The third-order valence-electron chi connectivity index (χ3n) is 4.32. The van der Waals surface area contributed by atoms with Crippen molar-refractivity contribution < 1.29 is 14.3 Å². The zero-order chi connectivity index (χ0) is 17.5. The number of benzene rings is 1. The molecule has 1 saturated heterocycles. The number of likely N-dealkylation sites (tertiary alicyclic amines) is 1. The van der Waals surface area contributed by atoms with Crippen molar-refractivity contribution in [3.63, 3.8) is 0 Å². The van der Waals surface area contributed by atoms with Crippen LogP contribution in [-0.2, 0) is 16.1 Å². The lowest BCUT2D eigenvalue weighted by Crippen LogP contribution is -2.54. The number of nitrogens with two attached hydrogens (primary N) is 1. The fourth-order valence-corrected chi connectivity index (χ4v) is 3.04. The first-order chi connectivity index (χ1) is 11.5. The van der Waals surface area contributed by atoms with Crippen LogP contribution in [0.5, 0.6) is 0 Å². The maximum atomic E-state index is 12.4. The van der Waals surface area contributed by atoms with Gasteiger partial charge in [0.1, 0.15) is 6.61 Å². The molecule has 24 heavy (non-hydrogen) atoms. The number of likely N-dealkylation sites (N-methyl/N-ethyl adjacent to an activating group) is 1. The van der Waals surface area contributed by atoms with Crippen molar-refractivity contribution in [3.8, 4) is 0 Å². The minimum Gasteiger partial charge on any atom is -0.445 e. The fourth-order valence-electron chi connectivity index (χ4n) is 3.04. The van der Waals surface area contributed by atoms with Crippen LogP contribution in [0.1, 0.15) is 32.3 Å². The van der Waals surface area contributed by atoms with Gasteiger partial charge in [-0.05, 0) is 32.3 Å². The quantitative estimate of drug-likeness (QED) is 0.894. The van der Waals surface area contributed by atoms with Crippen LogP contribution in [0.15, 0.2) is 30.3 Å². The zero-order valence-electron chi connectivity index (χ0n) is 14.5. The van der Waals surface area contributed by atoms with Crippen molar-refractivity contribution in [2.24, 2.45) is 5.73 Å². The van der Waals surface area contributed by atoms with Gasteiger partial charge in [0.05, 0.1) is 12.1 Å². The number of hydrogen-bond acceptors (Lipinski definition) is 4. The second-order valence-electron chi connectivity index (χ2n) is 6.20. The molecule has 0 aliphatic carbocycles. The van der Waals surface area contributed by atoms with E-state index in [2.05, 4.69) is 0 Å². The van der Waals surface area contributed by atoms with Gasteiger partial charge in [-0.3, -0.25) is 4.79 Å². The van der Waals surface area contributed by atoms with E-state index in [-0.39, 0.29) is 24.6 Å². The van der Waals surface area contributed by atoms with Crippen LogP contribution in [0.3, 0.4) is 0 Å². The van der Waals surface area contributed by atoms with Crippen LogP contribution in [0, 0.1) is 0 Å². The molecule has 2 N–H and O–H groups in total. The van der Waals surface area contributed by atoms with Gasteiger partial charge >= 0.3 is 6.09 Å². The Kier molecular flexibility index (Phi) is 6.61. The molecule has 1 heterocycles. The topological polar surface area (TPSA) is 75.9 Å². The van der Waals surface area contributed by atoms with Gasteiger partial charge in [0.25, 0.3) is 0 Å². The van der Waals surface area contributed by atoms with E-state index in [0.29, 0.717) is 19.6 Å². The number of rotatable bonds is 5. The summed E-state index contributed by atoms with van der Waals surface area (Å²) in [5.41, 5.74) is 6.65. The minimum atomic E-state index is -0.510. The summed E-state index contributed by atoms with van der Waals surface area (Å²) in [6.45, 7) is 5.65. The smallest absolute Gasteiger partial charge is 0.410 e. The van der Waals surface area contributed by atoms with Gasteiger partial charge in [0.15, 0.2) is 0 Å². The molecular formula is C18H27N3O3. The molecule has 0 saturated carbocycles. The van der Waals surface area contributed by atoms with Gasteiger partial charge in [0, 0.05) is 19.6 Å². The molecule has 0 aromatic heterocycles. The summed E-state index contributed by atoms with van der Waals surface area (Å²) >= 11 is 0. The minimum absolute atomic E-state index is 0.0188. The summed E-state index contributed by atoms with van der Waals surface area (Å²) in [5.74, 6) is -0.0617. The first-order valence-electron chi connectivity index (χ1n) is 8.54. The Bertz CT molecular complexity index is 548. The molecule has 2 amide bonds. The summed E-state index contributed by atoms with van der Waals surface area (Å²) in [6.07, 6.45) is 1.41. The van der Waals surface area contributed by atoms with E-state index < -0.39 is 6.04 Å². The van der Waals surface area contributed by atoms with E-state index in [9.17, 15) is 9.59 Å². The molecule has 1 aromatic carbocycles. The van der Waals surface area contributed by atoms with E-state index in [0.717, 1.165) is 18.4 Å². The molecule has 132 valence electrons. The number of carbonyl (C=O) groups is 2. The molecular weight excluding hydrogens is 306 g/mol. The molecule has 0 radical (unpaired) electrons. The number of ether oxygens (including phenoxy) is 1. The van der Waals surface area contributed by atoms with Gasteiger partial charge in [-0.25, -0.2) is 4.79 Å². The Morgan fingerprint density at radius 3 is 2.71 bits per heavy atom. The number of amides is 2. The lowest BCUT2D eigenvalue weighted by Gasteiger charge is -2.39. The molecule has 1 aliphatic heterocycles. The largest absolute Gasteiger partial charge is 0.445 e. The summed E-state index contributed by atoms with van der Waals surface area (Å²) < 4.78 is 5.44. The van der Waals surface area contributed by atoms with Crippen molar-refractivity contribution in [1.29, 1.82) is 0 Å². The van der Waals surface area contributed by atoms with Crippen molar-refractivity contribution in [2.45, 2.75) is 45.4 Å². The van der Waals surface area contributed by atoms with E-state index in [1.807, 2.05) is 37.3 Å². The van der Waals surface area contributed by atoms with E-state index in [4.69, 9.17) is 10.5 Å². The van der Waals surface area contributed by atoms with Crippen molar-refractivity contribution in [2.75, 3.05) is 19.6 Å². The average molecular weight is 333 g/mol. The SMILES string of the molecule is CCN(C(=O)OCc1ccccc1)[C@@H]1CCCN(C(=O)[C@H](C)N)C1. The van der Waals surface area contributed by atoms with Crippen LogP contribution in [0.4, 0.5) is 4.79 Å². The molecule has 6 nitrogen and oxygen atoms in total. The maximum Gasteiger partial charge on any atom is 0.410 e. The molecule has 1 aliphatic rings. The highest BCUT2D eigenvalue weighted by molar-refractivity contribution is 5.81. The number of piperidine rings is 1. The highest BCUT2D eigenvalue weighted by atomic mass is 16.6. The standard InChI is InChI=1S/C18H27N3O3/c1-3-21(18(23)24-13-15-8-5-4-6-9-15)16-10-7-11-20(12-16)17(22)14(2)19/h4-6,8-9,14,16H,3,7,10-13,19H2,1-2H3/t14-,16+/m0/s1. The molecule has 2 rings (SSSR count). The van der Waals surface area contributed by atoms with Crippen LogP contribution in [0.2, 0.25) is 0 Å².